The number of unbranched alkanes of at least 4 members (excludes halogenated alkanes) is 18. The van der Waals surface area contributed by atoms with Gasteiger partial charge in [0, 0.05) is 13.0 Å². The number of rotatable bonds is 40. The van der Waals surface area contributed by atoms with E-state index in [0.29, 0.717) is 13.0 Å². The lowest BCUT2D eigenvalue weighted by Gasteiger charge is -2.41. The molecular formula is C49H87O12P. The molecule has 62 heavy (non-hydrogen) atoms. The first-order valence-electron chi connectivity index (χ1n) is 24.1. The fourth-order valence-corrected chi connectivity index (χ4v) is 8.02. The number of allylic oxidation sites excluding steroid dienone is 10. The first-order valence-corrected chi connectivity index (χ1v) is 25.6. The summed E-state index contributed by atoms with van der Waals surface area (Å²) >= 11 is 0. The van der Waals surface area contributed by atoms with Gasteiger partial charge in [-0.05, 0) is 77.0 Å². The van der Waals surface area contributed by atoms with Crippen molar-refractivity contribution in [1.82, 2.24) is 0 Å². The first kappa shape index (κ1) is 58.1. The van der Waals surface area contributed by atoms with Gasteiger partial charge in [0.25, 0.3) is 0 Å². The van der Waals surface area contributed by atoms with E-state index in [1.165, 1.54) is 57.8 Å². The van der Waals surface area contributed by atoms with Crippen LogP contribution >= 0.6 is 7.82 Å². The van der Waals surface area contributed by atoms with Crippen molar-refractivity contribution in [3.05, 3.63) is 60.8 Å². The number of hydrogen-bond acceptors (Lipinski definition) is 11. The van der Waals surface area contributed by atoms with Gasteiger partial charge < -0.3 is 39.9 Å². The average Bonchev–Trinajstić information content (AvgIpc) is 3.26. The predicted octanol–water partition coefficient (Wildman–Crippen LogP) is 10.2. The van der Waals surface area contributed by atoms with Crippen LogP contribution in [0.5, 0.6) is 0 Å². The van der Waals surface area contributed by atoms with E-state index in [1.54, 1.807) is 0 Å². The topological polar surface area (TPSA) is 192 Å². The number of carbonyl (C=O) groups is 1. The minimum Gasteiger partial charge on any atom is -0.457 e. The molecule has 0 aromatic heterocycles. The number of hydrogen-bond donors (Lipinski definition) is 6. The van der Waals surface area contributed by atoms with Crippen LogP contribution in [0.2, 0.25) is 0 Å². The lowest BCUT2D eigenvalue weighted by molar-refractivity contribution is -0.220. The summed E-state index contributed by atoms with van der Waals surface area (Å²) < 4.78 is 34.2. The summed E-state index contributed by atoms with van der Waals surface area (Å²) in [6, 6.07) is 0. The molecule has 0 spiro atoms. The molecule has 6 atom stereocenters. The summed E-state index contributed by atoms with van der Waals surface area (Å²) in [5.41, 5.74) is 0. The largest absolute Gasteiger partial charge is 0.472 e. The van der Waals surface area contributed by atoms with E-state index in [9.17, 15) is 39.8 Å². The minimum absolute atomic E-state index is 0.0862. The molecule has 360 valence electrons. The van der Waals surface area contributed by atoms with Crippen molar-refractivity contribution in [3.8, 4) is 0 Å². The lowest BCUT2D eigenvalue weighted by atomic mass is 9.85. The summed E-state index contributed by atoms with van der Waals surface area (Å²) in [5.74, 6) is -0.491. The van der Waals surface area contributed by atoms with Crippen LogP contribution in [-0.2, 0) is 27.9 Å². The van der Waals surface area contributed by atoms with Gasteiger partial charge in [-0.2, -0.15) is 0 Å². The summed E-state index contributed by atoms with van der Waals surface area (Å²) in [6.07, 6.45) is 37.2. The molecule has 0 amide bonds. The van der Waals surface area contributed by atoms with E-state index in [4.69, 9.17) is 18.5 Å². The minimum atomic E-state index is -5.02. The van der Waals surface area contributed by atoms with Crippen LogP contribution in [0.25, 0.3) is 0 Å². The van der Waals surface area contributed by atoms with Gasteiger partial charge >= 0.3 is 13.8 Å². The number of phosphoric ester groups is 1. The zero-order valence-electron chi connectivity index (χ0n) is 38.4. The van der Waals surface area contributed by atoms with E-state index in [0.717, 1.165) is 96.3 Å². The highest BCUT2D eigenvalue weighted by molar-refractivity contribution is 7.47. The molecule has 1 aliphatic rings. The van der Waals surface area contributed by atoms with Gasteiger partial charge in [-0.15, -0.1) is 0 Å². The Morgan fingerprint density at radius 3 is 1.47 bits per heavy atom. The van der Waals surface area contributed by atoms with Crippen LogP contribution in [0.4, 0.5) is 0 Å². The zero-order chi connectivity index (χ0) is 45.5. The Bertz CT molecular complexity index is 1250. The maximum absolute atomic E-state index is 12.8. The van der Waals surface area contributed by atoms with Crippen molar-refractivity contribution in [2.24, 2.45) is 0 Å². The average molecular weight is 899 g/mol. The van der Waals surface area contributed by atoms with Crippen molar-refractivity contribution < 1.29 is 58.3 Å². The second kappa shape index (κ2) is 39.4. The van der Waals surface area contributed by atoms with E-state index in [1.807, 2.05) is 0 Å². The zero-order valence-corrected chi connectivity index (χ0v) is 39.3. The standard InChI is InChI=1S/C49H87O12P/c1-3-5-7-9-11-13-15-17-18-19-20-21-22-23-24-25-27-29-31-33-35-37-39-58-40-42(41-59-62(56,57)61-49-47(54)45(52)44(51)46(53)48(49)55)60-43(50)38-36-34-32-30-28-26-16-14-12-10-8-6-4-2/h5,7,11,13-14,16-18,20-21,42,44-49,51-55H,3-4,6,8-10,12,15,19,22-41H2,1-2H3,(H,56,57)/b7-5-,13-11-,16-14-,18-17-,21-20-. The summed E-state index contributed by atoms with van der Waals surface area (Å²) in [6.45, 7) is 4.10. The molecule has 0 bridgehead atoms. The molecule has 0 aromatic carbocycles. The molecular weight excluding hydrogens is 812 g/mol. The SMILES string of the molecule is CC/C=C\C/C=C\C/C=C\C/C=C\CCCCCCCCCCCOCC(COP(=O)(O)OC1C(O)C(O)C(O)C(O)C1O)OC(=O)CCCCCCC/C=C\CCCCCC. The molecule has 6 N–H and O–H groups in total. The normalized spacial score (nSPS) is 22.5. The third-order valence-corrected chi connectivity index (χ3v) is 11.9. The summed E-state index contributed by atoms with van der Waals surface area (Å²) in [5, 5.41) is 50.2. The molecule has 13 heteroatoms. The maximum atomic E-state index is 12.8. The van der Waals surface area contributed by atoms with E-state index >= 15 is 0 Å². The van der Waals surface area contributed by atoms with E-state index in [-0.39, 0.29) is 13.0 Å². The van der Waals surface area contributed by atoms with Crippen LogP contribution in [0.1, 0.15) is 181 Å². The second-order valence-corrected chi connectivity index (χ2v) is 18.0. The van der Waals surface area contributed by atoms with Gasteiger partial charge in [0.15, 0.2) is 0 Å². The van der Waals surface area contributed by atoms with E-state index in [2.05, 4.69) is 74.6 Å². The van der Waals surface area contributed by atoms with Crippen LogP contribution in [-0.4, -0.2) is 98.9 Å². The highest BCUT2D eigenvalue weighted by Crippen LogP contribution is 2.47. The molecule has 0 aliphatic heterocycles. The van der Waals surface area contributed by atoms with Gasteiger partial charge in [-0.1, -0.05) is 158 Å². The summed E-state index contributed by atoms with van der Waals surface area (Å²) in [7, 11) is -5.02. The Balaban J connectivity index is 2.35. The number of aliphatic hydroxyl groups excluding tert-OH is 5. The van der Waals surface area contributed by atoms with Crippen molar-refractivity contribution in [1.29, 1.82) is 0 Å². The highest BCUT2D eigenvalue weighted by Gasteiger charge is 2.51. The lowest BCUT2D eigenvalue weighted by Crippen LogP contribution is -2.64. The molecule has 0 heterocycles. The van der Waals surface area contributed by atoms with Crippen molar-refractivity contribution in [3.63, 3.8) is 0 Å². The molecule has 1 rings (SSSR count). The quantitative estimate of drug-likeness (QED) is 0.0148. The van der Waals surface area contributed by atoms with Crippen molar-refractivity contribution >= 4 is 13.8 Å². The molecule has 0 saturated heterocycles. The number of aliphatic hydroxyl groups is 5. The molecule has 0 aromatic rings. The molecule has 12 nitrogen and oxygen atoms in total. The van der Waals surface area contributed by atoms with Crippen molar-refractivity contribution in [2.75, 3.05) is 19.8 Å². The van der Waals surface area contributed by atoms with Crippen molar-refractivity contribution in [2.45, 2.75) is 224 Å². The van der Waals surface area contributed by atoms with Gasteiger partial charge in [-0.3, -0.25) is 13.8 Å². The van der Waals surface area contributed by atoms with Gasteiger partial charge in [0.05, 0.1) is 13.2 Å². The second-order valence-electron chi connectivity index (χ2n) is 16.6. The third-order valence-electron chi connectivity index (χ3n) is 10.9. The van der Waals surface area contributed by atoms with Crippen LogP contribution < -0.4 is 0 Å². The fraction of sp³-hybridized carbons (Fsp3) is 0.776. The molecule has 1 aliphatic carbocycles. The highest BCUT2D eigenvalue weighted by atomic mass is 31.2. The number of esters is 1. The smallest absolute Gasteiger partial charge is 0.457 e. The molecule has 0 radical (unpaired) electrons. The van der Waals surface area contributed by atoms with Gasteiger partial charge in [0.2, 0.25) is 0 Å². The maximum Gasteiger partial charge on any atom is 0.472 e. The van der Waals surface area contributed by atoms with E-state index < -0.39 is 63.1 Å². The van der Waals surface area contributed by atoms with Crippen LogP contribution in [0.15, 0.2) is 60.8 Å². The van der Waals surface area contributed by atoms with Crippen LogP contribution in [0.3, 0.4) is 0 Å². The molecule has 1 saturated carbocycles. The Morgan fingerprint density at radius 1 is 0.532 bits per heavy atom. The summed E-state index contributed by atoms with van der Waals surface area (Å²) in [4.78, 5) is 23.2. The predicted molar refractivity (Wildman–Crippen MR) is 248 cm³/mol. The van der Waals surface area contributed by atoms with Gasteiger partial charge in [-0.25, -0.2) is 4.57 Å². The third kappa shape index (κ3) is 31.0. The van der Waals surface area contributed by atoms with Crippen LogP contribution in [0, 0.1) is 0 Å². The Kier molecular flexibility index (Phi) is 36.9. The van der Waals surface area contributed by atoms with Gasteiger partial charge in [0.1, 0.15) is 42.7 Å². The molecule has 6 unspecified atom stereocenters. The molecule has 1 fully saturated rings. The number of carbonyl (C=O) groups excluding carboxylic acids is 1. The first-order chi connectivity index (χ1) is 30.0. The number of ether oxygens (including phenoxy) is 2. The monoisotopic (exact) mass is 899 g/mol. The fourth-order valence-electron chi connectivity index (χ4n) is 7.05. The Hall–Kier alpha value is -1.96. The Morgan fingerprint density at radius 2 is 0.952 bits per heavy atom. The Labute approximate surface area is 375 Å². The number of phosphoric acid groups is 1.